The Labute approximate surface area is 137 Å². The van der Waals surface area contributed by atoms with Crippen molar-refractivity contribution < 1.29 is 23.9 Å². The van der Waals surface area contributed by atoms with Gasteiger partial charge in [-0.2, -0.15) is 0 Å². The first kappa shape index (κ1) is 18.9. The largest absolute Gasteiger partial charge is 0.466 e. The van der Waals surface area contributed by atoms with Crippen molar-refractivity contribution in [1.82, 2.24) is 0 Å². The van der Waals surface area contributed by atoms with Crippen molar-refractivity contribution in [1.29, 1.82) is 0 Å². The van der Waals surface area contributed by atoms with E-state index < -0.39 is 5.97 Å². The zero-order chi connectivity index (χ0) is 17.1. The lowest BCUT2D eigenvalue weighted by molar-refractivity contribution is -0.143. The third-order valence-electron chi connectivity index (χ3n) is 3.28. The average Bonchev–Trinajstić information content (AvgIpc) is 2.50. The molecule has 0 radical (unpaired) electrons. The molecule has 0 heterocycles. The third kappa shape index (κ3) is 7.58. The van der Waals surface area contributed by atoms with Gasteiger partial charge in [0.2, 0.25) is 0 Å². The molecule has 23 heavy (non-hydrogen) atoms. The number of esters is 2. The van der Waals surface area contributed by atoms with E-state index in [0.29, 0.717) is 30.8 Å². The Hall–Kier alpha value is -2.17. The number of hydrogen-bond donors (Lipinski definition) is 0. The summed E-state index contributed by atoms with van der Waals surface area (Å²) in [5, 5.41) is 0. The van der Waals surface area contributed by atoms with Gasteiger partial charge in [0.1, 0.15) is 5.75 Å². The molecule has 1 aromatic rings. The number of para-hydroxylation sites is 1. The molecule has 0 spiro atoms. The Morgan fingerprint density at radius 3 is 2.26 bits per heavy atom. The maximum absolute atomic E-state index is 12.2. The van der Waals surface area contributed by atoms with Crippen molar-refractivity contribution >= 4 is 17.7 Å². The zero-order valence-electron chi connectivity index (χ0n) is 13.8. The van der Waals surface area contributed by atoms with Gasteiger partial charge in [0, 0.05) is 19.8 Å². The Balaban J connectivity index is 2.32. The van der Waals surface area contributed by atoms with E-state index in [1.165, 1.54) is 6.92 Å². The first-order valence-corrected chi connectivity index (χ1v) is 8.00. The molecule has 0 aliphatic carbocycles. The molecule has 0 aliphatic rings. The quantitative estimate of drug-likeness (QED) is 0.284. The minimum absolute atomic E-state index is 0.0350. The third-order valence-corrected chi connectivity index (χ3v) is 3.28. The van der Waals surface area contributed by atoms with Crippen LogP contribution < -0.4 is 4.74 Å². The highest BCUT2D eigenvalue weighted by atomic mass is 16.5. The maximum atomic E-state index is 12.2. The zero-order valence-corrected chi connectivity index (χ0v) is 13.8. The SMILES string of the molecule is CCOC(=O)CCCCCCC(=O)c1ccccc1OC(C)=O. The molecule has 0 aliphatic heterocycles. The van der Waals surface area contributed by atoms with Crippen LogP contribution >= 0.6 is 0 Å². The summed E-state index contributed by atoms with van der Waals surface area (Å²) in [5.41, 5.74) is 0.439. The van der Waals surface area contributed by atoms with Crippen molar-refractivity contribution in [3.63, 3.8) is 0 Å². The van der Waals surface area contributed by atoms with Crippen molar-refractivity contribution in [3.8, 4) is 5.75 Å². The van der Waals surface area contributed by atoms with Crippen LogP contribution in [0.25, 0.3) is 0 Å². The van der Waals surface area contributed by atoms with Crippen LogP contribution in [0.1, 0.15) is 62.7 Å². The number of rotatable bonds is 10. The highest BCUT2D eigenvalue weighted by Gasteiger charge is 2.13. The molecule has 0 fully saturated rings. The monoisotopic (exact) mass is 320 g/mol. The summed E-state index contributed by atoms with van der Waals surface area (Å²) >= 11 is 0. The van der Waals surface area contributed by atoms with E-state index in [2.05, 4.69) is 0 Å². The minimum atomic E-state index is -0.441. The van der Waals surface area contributed by atoms with Gasteiger partial charge in [0.15, 0.2) is 5.78 Å². The van der Waals surface area contributed by atoms with E-state index in [4.69, 9.17) is 9.47 Å². The number of unbranched alkanes of at least 4 members (excludes halogenated alkanes) is 3. The summed E-state index contributed by atoms with van der Waals surface area (Å²) in [7, 11) is 0. The van der Waals surface area contributed by atoms with Gasteiger partial charge in [-0.15, -0.1) is 0 Å². The molecule has 126 valence electrons. The Kier molecular flexibility index (Phi) is 8.65. The van der Waals surface area contributed by atoms with Crippen molar-refractivity contribution in [2.75, 3.05) is 6.61 Å². The predicted molar refractivity (Wildman–Crippen MR) is 86.4 cm³/mol. The smallest absolute Gasteiger partial charge is 0.308 e. The summed E-state index contributed by atoms with van der Waals surface area (Å²) in [6, 6.07) is 6.76. The number of hydrogen-bond acceptors (Lipinski definition) is 5. The second kappa shape index (κ2) is 10.5. The highest BCUT2D eigenvalue weighted by molar-refractivity contribution is 5.99. The fourth-order valence-corrected chi connectivity index (χ4v) is 2.22. The van der Waals surface area contributed by atoms with Crippen LogP contribution in [0.5, 0.6) is 5.75 Å². The number of ketones is 1. The molecule has 0 saturated heterocycles. The number of Topliss-reactive ketones (excluding diaryl/α,β-unsaturated/α-hetero) is 1. The van der Waals surface area contributed by atoms with Gasteiger partial charge in [0.05, 0.1) is 12.2 Å². The van der Waals surface area contributed by atoms with Gasteiger partial charge in [0.25, 0.3) is 0 Å². The van der Waals surface area contributed by atoms with Crippen molar-refractivity contribution in [2.45, 2.75) is 52.4 Å². The van der Waals surface area contributed by atoms with Crippen LogP contribution in [0.15, 0.2) is 24.3 Å². The van der Waals surface area contributed by atoms with Crippen molar-refractivity contribution in [3.05, 3.63) is 29.8 Å². The predicted octanol–water partition coefficient (Wildman–Crippen LogP) is 3.70. The highest BCUT2D eigenvalue weighted by Crippen LogP contribution is 2.21. The molecular formula is C18H24O5. The number of ether oxygens (including phenoxy) is 2. The minimum Gasteiger partial charge on any atom is -0.466 e. The summed E-state index contributed by atoms with van der Waals surface area (Å²) in [6.07, 6.45) is 4.11. The second-order valence-corrected chi connectivity index (χ2v) is 5.23. The molecule has 0 bridgehead atoms. The van der Waals surface area contributed by atoms with Crippen LogP contribution in [0, 0.1) is 0 Å². The van der Waals surface area contributed by atoms with E-state index in [9.17, 15) is 14.4 Å². The fourth-order valence-electron chi connectivity index (χ4n) is 2.22. The van der Waals surface area contributed by atoms with Crippen LogP contribution in [0.4, 0.5) is 0 Å². The molecule has 1 rings (SSSR count). The van der Waals surface area contributed by atoms with Crippen LogP contribution in [-0.4, -0.2) is 24.3 Å². The van der Waals surface area contributed by atoms with E-state index in [1.807, 2.05) is 0 Å². The topological polar surface area (TPSA) is 69.7 Å². The molecule has 5 nitrogen and oxygen atoms in total. The number of carbonyl (C=O) groups is 3. The Morgan fingerprint density at radius 2 is 1.61 bits per heavy atom. The van der Waals surface area contributed by atoms with Gasteiger partial charge >= 0.3 is 11.9 Å². The number of benzene rings is 1. The average molecular weight is 320 g/mol. The maximum Gasteiger partial charge on any atom is 0.308 e. The second-order valence-electron chi connectivity index (χ2n) is 5.23. The van der Waals surface area contributed by atoms with E-state index in [0.717, 1.165) is 25.7 Å². The summed E-state index contributed by atoms with van der Waals surface area (Å²) in [5.74, 6) is -0.331. The van der Waals surface area contributed by atoms with Crippen molar-refractivity contribution in [2.24, 2.45) is 0 Å². The Bertz CT molecular complexity index is 536. The first-order chi connectivity index (χ1) is 11.0. The lowest BCUT2D eigenvalue weighted by Crippen LogP contribution is -2.07. The summed E-state index contributed by atoms with van der Waals surface area (Å²) < 4.78 is 9.90. The van der Waals surface area contributed by atoms with Gasteiger partial charge in [-0.05, 0) is 31.9 Å². The van der Waals surface area contributed by atoms with Gasteiger partial charge < -0.3 is 9.47 Å². The van der Waals surface area contributed by atoms with E-state index >= 15 is 0 Å². The Morgan fingerprint density at radius 1 is 0.957 bits per heavy atom. The van der Waals surface area contributed by atoms with Crippen LogP contribution in [0.3, 0.4) is 0 Å². The molecule has 0 N–H and O–H groups in total. The first-order valence-electron chi connectivity index (χ1n) is 8.00. The molecule has 0 amide bonds. The standard InChI is InChI=1S/C18H24O5/c1-3-22-18(21)13-7-5-4-6-11-16(20)15-10-8-9-12-17(15)23-14(2)19/h8-10,12H,3-7,11,13H2,1-2H3. The lowest BCUT2D eigenvalue weighted by Gasteiger charge is -2.07. The molecule has 0 atom stereocenters. The van der Waals surface area contributed by atoms with Crippen LogP contribution in [-0.2, 0) is 14.3 Å². The molecular weight excluding hydrogens is 296 g/mol. The molecule has 0 aromatic heterocycles. The molecule has 1 aromatic carbocycles. The van der Waals surface area contributed by atoms with Gasteiger partial charge in [-0.25, -0.2) is 0 Å². The van der Waals surface area contributed by atoms with E-state index in [1.54, 1.807) is 31.2 Å². The summed E-state index contributed by atoms with van der Waals surface area (Å²) in [4.78, 5) is 34.4. The van der Waals surface area contributed by atoms with Crippen LogP contribution in [0.2, 0.25) is 0 Å². The van der Waals surface area contributed by atoms with E-state index in [-0.39, 0.29) is 11.8 Å². The fraction of sp³-hybridized carbons (Fsp3) is 0.500. The molecule has 5 heteroatoms. The van der Waals surface area contributed by atoms with Gasteiger partial charge in [-0.1, -0.05) is 25.0 Å². The van der Waals surface area contributed by atoms with Gasteiger partial charge in [-0.3, -0.25) is 14.4 Å². The summed E-state index contributed by atoms with van der Waals surface area (Å²) in [6.45, 7) is 3.51. The number of carbonyl (C=O) groups excluding carboxylic acids is 3. The lowest BCUT2D eigenvalue weighted by atomic mass is 10.0. The molecule has 0 unspecified atom stereocenters. The molecule has 0 saturated carbocycles. The normalized spacial score (nSPS) is 10.2.